The minimum atomic E-state index is 0.358. The van der Waals surface area contributed by atoms with Crippen molar-refractivity contribution in [3.05, 3.63) is 23.8 Å². The summed E-state index contributed by atoms with van der Waals surface area (Å²) in [6, 6.07) is 7.77. The number of hydrogen-bond donors (Lipinski definition) is 1. The number of piperazine rings is 1. The van der Waals surface area contributed by atoms with Gasteiger partial charge in [0.15, 0.2) is 11.5 Å². The molecule has 0 spiro atoms. The summed E-state index contributed by atoms with van der Waals surface area (Å²) in [5.74, 6) is 1.78. The molecule has 0 amide bonds. The van der Waals surface area contributed by atoms with Gasteiger partial charge in [0.1, 0.15) is 0 Å². The molecular formula is C15H20N2O2. The van der Waals surface area contributed by atoms with E-state index in [4.69, 9.17) is 9.47 Å². The smallest absolute Gasteiger partial charge is 0.231 e. The van der Waals surface area contributed by atoms with Crippen LogP contribution in [0.2, 0.25) is 0 Å². The predicted octanol–water partition coefficient (Wildman–Crippen LogP) is 1.74. The van der Waals surface area contributed by atoms with E-state index in [0.29, 0.717) is 12.8 Å². The molecule has 4 nitrogen and oxygen atoms in total. The van der Waals surface area contributed by atoms with Gasteiger partial charge in [0.2, 0.25) is 6.79 Å². The van der Waals surface area contributed by atoms with Gasteiger partial charge in [-0.25, -0.2) is 0 Å². The van der Waals surface area contributed by atoms with Crippen molar-refractivity contribution in [1.82, 2.24) is 10.2 Å². The van der Waals surface area contributed by atoms with Gasteiger partial charge < -0.3 is 14.8 Å². The van der Waals surface area contributed by atoms with E-state index in [1.165, 1.54) is 24.8 Å². The van der Waals surface area contributed by atoms with E-state index in [2.05, 4.69) is 22.3 Å². The highest BCUT2D eigenvalue weighted by Crippen LogP contribution is 2.34. The molecule has 1 aliphatic carbocycles. The van der Waals surface area contributed by atoms with E-state index in [0.717, 1.165) is 37.2 Å². The molecule has 0 unspecified atom stereocenters. The first-order valence-electron chi connectivity index (χ1n) is 7.26. The van der Waals surface area contributed by atoms with Gasteiger partial charge in [0, 0.05) is 31.7 Å². The van der Waals surface area contributed by atoms with Crippen molar-refractivity contribution in [2.24, 2.45) is 0 Å². The van der Waals surface area contributed by atoms with Gasteiger partial charge >= 0.3 is 0 Å². The highest BCUT2D eigenvalue weighted by Gasteiger charge is 2.34. The molecule has 1 N–H and O–H groups in total. The molecule has 4 heteroatoms. The summed E-state index contributed by atoms with van der Waals surface area (Å²) in [5, 5.41) is 3.65. The summed E-state index contributed by atoms with van der Waals surface area (Å²) >= 11 is 0. The van der Waals surface area contributed by atoms with E-state index >= 15 is 0 Å². The molecule has 1 saturated carbocycles. The van der Waals surface area contributed by atoms with Crippen LogP contribution in [0.25, 0.3) is 0 Å². The van der Waals surface area contributed by atoms with E-state index in [1.54, 1.807) is 0 Å². The van der Waals surface area contributed by atoms with Gasteiger partial charge in [0.25, 0.3) is 0 Å². The number of nitrogens with zero attached hydrogens (tertiary/aromatic N) is 1. The van der Waals surface area contributed by atoms with Crippen molar-refractivity contribution < 1.29 is 9.47 Å². The Bertz CT molecular complexity index is 477. The Morgan fingerprint density at radius 1 is 1.21 bits per heavy atom. The van der Waals surface area contributed by atoms with Crippen LogP contribution in [-0.2, 0) is 6.54 Å². The molecule has 2 fully saturated rings. The molecular weight excluding hydrogens is 240 g/mol. The maximum atomic E-state index is 5.46. The lowest BCUT2D eigenvalue weighted by Crippen LogP contribution is -2.54. The van der Waals surface area contributed by atoms with Gasteiger partial charge in [0.05, 0.1) is 0 Å². The molecule has 1 saturated heterocycles. The molecule has 19 heavy (non-hydrogen) atoms. The van der Waals surface area contributed by atoms with Crippen LogP contribution >= 0.6 is 0 Å². The van der Waals surface area contributed by atoms with Crippen molar-refractivity contribution in [3.63, 3.8) is 0 Å². The summed E-state index contributed by atoms with van der Waals surface area (Å²) in [4.78, 5) is 2.63. The number of nitrogens with one attached hydrogen (secondary N) is 1. The standard InChI is InChI=1S/C15H20N2O2/c1-2-12-13(3-1)17(7-6-16-12)9-11-4-5-14-15(8-11)19-10-18-14/h4-5,8,12-13,16H,1-3,6-7,9-10H2/t12-,13+/m0/s1. The Hall–Kier alpha value is -1.26. The summed E-state index contributed by atoms with van der Waals surface area (Å²) in [6.07, 6.45) is 4.03. The number of benzene rings is 1. The van der Waals surface area contributed by atoms with E-state index < -0.39 is 0 Å². The van der Waals surface area contributed by atoms with Crippen molar-refractivity contribution in [1.29, 1.82) is 0 Å². The molecule has 4 rings (SSSR count). The highest BCUT2D eigenvalue weighted by atomic mass is 16.7. The Labute approximate surface area is 113 Å². The highest BCUT2D eigenvalue weighted by molar-refractivity contribution is 5.44. The third kappa shape index (κ3) is 2.09. The molecule has 3 aliphatic rings. The van der Waals surface area contributed by atoms with Gasteiger partial charge in [-0.3, -0.25) is 4.90 Å². The summed E-state index contributed by atoms with van der Waals surface area (Å²) in [6.45, 7) is 3.65. The molecule has 102 valence electrons. The SMILES string of the molecule is c1cc2c(cc1CN1CCN[C@H]3CCC[C@H]31)OCO2. The average molecular weight is 260 g/mol. The first-order chi connectivity index (χ1) is 9.40. The fourth-order valence-corrected chi connectivity index (χ4v) is 3.65. The van der Waals surface area contributed by atoms with Crippen LogP contribution in [0.3, 0.4) is 0 Å². The third-order valence-corrected chi connectivity index (χ3v) is 4.58. The zero-order valence-electron chi connectivity index (χ0n) is 11.1. The van der Waals surface area contributed by atoms with E-state index in [-0.39, 0.29) is 0 Å². The Balaban J connectivity index is 1.51. The summed E-state index contributed by atoms with van der Waals surface area (Å²) in [7, 11) is 0. The molecule has 0 aromatic heterocycles. The lowest BCUT2D eigenvalue weighted by atomic mass is 10.1. The Morgan fingerprint density at radius 2 is 2.16 bits per heavy atom. The van der Waals surface area contributed by atoms with Crippen LogP contribution in [-0.4, -0.2) is 36.9 Å². The van der Waals surface area contributed by atoms with Crippen LogP contribution in [0.1, 0.15) is 24.8 Å². The maximum Gasteiger partial charge on any atom is 0.231 e. The largest absolute Gasteiger partial charge is 0.454 e. The molecule has 0 bridgehead atoms. The topological polar surface area (TPSA) is 33.7 Å². The predicted molar refractivity (Wildman–Crippen MR) is 72.4 cm³/mol. The average Bonchev–Trinajstić information content (AvgIpc) is 3.06. The summed E-state index contributed by atoms with van der Waals surface area (Å²) < 4.78 is 10.8. The van der Waals surface area contributed by atoms with Gasteiger partial charge in [-0.2, -0.15) is 0 Å². The number of ether oxygens (including phenoxy) is 2. The van der Waals surface area contributed by atoms with Crippen molar-refractivity contribution in [3.8, 4) is 11.5 Å². The van der Waals surface area contributed by atoms with Gasteiger partial charge in [-0.15, -0.1) is 0 Å². The van der Waals surface area contributed by atoms with Crippen molar-refractivity contribution in [2.75, 3.05) is 19.9 Å². The minimum Gasteiger partial charge on any atom is -0.454 e. The third-order valence-electron chi connectivity index (χ3n) is 4.58. The number of fused-ring (bicyclic) bond motifs is 2. The summed E-state index contributed by atoms with van der Waals surface area (Å²) in [5.41, 5.74) is 1.33. The first-order valence-corrected chi connectivity index (χ1v) is 7.26. The normalized spacial score (nSPS) is 29.5. The lowest BCUT2D eigenvalue weighted by Gasteiger charge is -2.38. The van der Waals surface area contributed by atoms with Gasteiger partial charge in [-0.05, 0) is 30.5 Å². The zero-order valence-corrected chi connectivity index (χ0v) is 11.1. The molecule has 2 atom stereocenters. The second kappa shape index (κ2) is 4.69. The number of hydrogen-bond acceptors (Lipinski definition) is 4. The lowest BCUT2D eigenvalue weighted by molar-refractivity contribution is 0.129. The molecule has 0 radical (unpaired) electrons. The second-order valence-electron chi connectivity index (χ2n) is 5.72. The van der Waals surface area contributed by atoms with Gasteiger partial charge in [-0.1, -0.05) is 12.5 Å². The molecule has 2 heterocycles. The second-order valence-corrected chi connectivity index (χ2v) is 5.72. The van der Waals surface area contributed by atoms with Crippen LogP contribution in [0.4, 0.5) is 0 Å². The van der Waals surface area contributed by atoms with Crippen LogP contribution in [0.15, 0.2) is 18.2 Å². The van der Waals surface area contributed by atoms with Crippen molar-refractivity contribution in [2.45, 2.75) is 37.9 Å². The zero-order chi connectivity index (χ0) is 12.7. The molecule has 2 aliphatic heterocycles. The van der Waals surface area contributed by atoms with Crippen LogP contribution in [0.5, 0.6) is 11.5 Å². The Kier molecular flexibility index (Phi) is 2.85. The van der Waals surface area contributed by atoms with E-state index in [9.17, 15) is 0 Å². The van der Waals surface area contributed by atoms with Crippen LogP contribution < -0.4 is 14.8 Å². The first kappa shape index (κ1) is 11.6. The van der Waals surface area contributed by atoms with Crippen molar-refractivity contribution >= 4 is 0 Å². The van der Waals surface area contributed by atoms with E-state index in [1.807, 2.05) is 6.07 Å². The fourth-order valence-electron chi connectivity index (χ4n) is 3.65. The molecule has 1 aromatic carbocycles. The Morgan fingerprint density at radius 3 is 3.16 bits per heavy atom. The maximum absolute atomic E-state index is 5.46. The monoisotopic (exact) mass is 260 g/mol. The minimum absolute atomic E-state index is 0.358. The quantitative estimate of drug-likeness (QED) is 0.878. The fraction of sp³-hybridized carbons (Fsp3) is 0.600. The number of rotatable bonds is 2. The molecule has 1 aromatic rings. The van der Waals surface area contributed by atoms with Crippen LogP contribution in [0, 0.1) is 0 Å².